The lowest BCUT2D eigenvalue weighted by Crippen LogP contribution is -2.39. The zero-order valence-electron chi connectivity index (χ0n) is 15.3. The van der Waals surface area contributed by atoms with Crippen molar-refractivity contribution in [1.82, 2.24) is 0 Å². The van der Waals surface area contributed by atoms with Crippen molar-refractivity contribution in [1.29, 1.82) is 0 Å². The van der Waals surface area contributed by atoms with Gasteiger partial charge in [0.1, 0.15) is 0 Å². The highest BCUT2D eigenvalue weighted by Gasteiger charge is 2.28. The van der Waals surface area contributed by atoms with Gasteiger partial charge in [-0.2, -0.15) is 4.57 Å². The number of aromatic nitrogens is 1. The van der Waals surface area contributed by atoms with Crippen LogP contribution in [-0.2, 0) is 13.0 Å². The van der Waals surface area contributed by atoms with Crippen molar-refractivity contribution in [2.75, 3.05) is 13.9 Å². The molecule has 3 aromatic rings. The Kier molecular flexibility index (Phi) is 4.25. The van der Waals surface area contributed by atoms with Crippen LogP contribution in [0.3, 0.4) is 0 Å². The lowest BCUT2D eigenvalue weighted by atomic mass is 9.95. The molecule has 0 bridgehead atoms. The van der Waals surface area contributed by atoms with Crippen molar-refractivity contribution in [3.63, 3.8) is 0 Å². The van der Waals surface area contributed by atoms with E-state index in [9.17, 15) is 5.11 Å². The number of phenols is 1. The molecule has 5 rings (SSSR count). The number of pyridine rings is 1. The molecule has 2 aliphatic rings. The van der Waals surface area contributed by atoms with Crippen LogP contribution in [0.2, 0.25) is 0 Å². The number of aryl methyl sites for hydroxylation is 2. The predicted octanol–water partition coefficient (Wildman–Crippen LogP) is 3.43. The summed E-state index contributed by atoms with van der Waals surface area (Å²) in [6.07, 6.45) is 7.51. The minimum absolute atomic E-state index is 0.182. The third-order valence-electron chi connectivity index (χ3n) is 4.82. The van der Waals surface area contributed by atoms with E-state index in [1.54, 1.807) is 20.1 Å². The third-order valence-corrected chi connectivity index (χ3v) is 4.82. The van der Waals surface area contributed by atoms with Crippen LogP contribution < -0.4 is 18.8 Å². The quantitative estimate of drug-likeness (QED) is 0.532. The fourth-order valence-corrected chi connectivity index (χ4v) is 3.57. The average molecular weight is 362 g/mol. The van der Waals surface area contributed by atoms with Crippen molar-refractivity contribution >= 4 is 10.8 Å². The Hall–Kier alpha value is -3.39. The molecule has 2 aromatic carbocycles. The van der Waals surface area contributed by atoms with Crippen LogP contribution in [0.5, 0.6) is 23.0 Å². The molecule has 0 radical (unpaired) electrons. The van der Waals surface area contributed by atoms with Gasteiger partial charge in [-0.15, -0.1) is 12.3 Å². The lowest BCUT2D eigenvalue weighted by molar-refractivity contribution is -0.686. The van der Waals surface area contributed by atoms with Crippen LogP contribution in [0.4, 0.5) is 0 Å². The first-order chi connectivity index (χ1) is 13.2. The van der Waals surface area contributed by atoms with Crippen molar-refractivity contribution < 1.29 is 23.9 Å². The van der Waals surface area contributed by atoms with Gasteiger partial charge in [-0.25, -0.2) is 0 Å². The molecule has 0 saturated heterocycles. The first-order valence-electron chi connectivity index (χ1n) is 8.69. The summed E-state index contributed by atoms with van der Waals surface area (Å²) >= 11 is 0. The number of nitrogens with zero attached hydrogens (tertiary/aromatic N) is 1. The second-order valence-corrected chi connectivity index (χ2v) is 6.37. The number of terminal acetylenes is 1. The van der Waals surface area contributed by atoms with Crippen LogP contribution in [0, 0.1) is 12.3 Å². The number of fused-ring (bicyclic) bond motifs is 5. The van der Waals surface area contributed by atoms with Gasteiger partial charge in [0.15, 0.2) is 35.7 Å². The van der Waals surface area contributed by atoms with Crippen LogP contribution in [0.15, 0.2) is 36.5 Å². The maximum Gasteiger partial charge on any atom is 0.231 e. The molecule has 0 saturated carbocycles. The van der Waals surface area contributed by atoms with E-state index < -0.39 is 0 Å². The Balaban J connectivity index is 0.000000565. The van der Waals surface area contributed by atoms with Gasteiger partial charge in [0.25, 0.3) is 0 Å². The number of hydrogen-bond acceptors (Lipinski definition) is 4. The summed E-state index contributed by atoms with van der Waals surface area (Å²) in [6.45, 7) is 2.79. The summed E-state index contributed by atoms with van der Waals surface area (Å²) in [5, 5.41) is 12.2. The highest BCUT2D eigenvalue weighted by atomic mass is 16.7. The van der Waals surface area contributed by atoms with Gasteiger partial charge < -0.3 is 19.3 Å². The van der Waals surface area contributed by atoms with Gasteiger partial charge in [0.05, 0.1) is 18.1 Å². The van der Waals surface area contributed by atoms with E-state index in [4.69, 9.17) is 14.2 Å². The summed E-state index contributed by atoms with van der Waals surface area (Å²) in [4.78, 5) is 0. The Morgan fingerprint density at radius 3 is 2.67 bits per heavy atom. The summed E-state index contributed by atoms with van der Waals surface area (Å²) in [5.74, 6) is 4.54. The lowest BCUT2D eigenvalue weighted by Gasteiger charge is -2.16. The van der Waals surface area contributed by atoms with Gasteiger partial charge in [-0.1, -0.05) is 0 Å². The topological polar surface area (TPSA) is 51.8 Å². The second-order valence-electron chi connectivity index (χ2n) is 6.37. The van der Waals surface area contributed by atoms with Gasteiger partial charge in [0.2, 0.25) is 12.5 Å². The highest BCUT2D eigenvalue weighted by molar-refractivity contribution is 5.91. The zero-order chi connectivity index (χ0) is 19.0. The van der Waals surface area contributed by atoms with Crippen molar-refractivity contribution in [2.24, 2.45) is 0 Å². The highest BCUT2D eigenvalue weighted by Crippen LogP contribution is 2.41. The van der Waals surface area contributed by atoms with Gasteiger partial charge in [-0.05, 0) is 42.1 Å². The fourth-order valence-electron chi connectivity index (χ4n) is 3.57. The molecule has 2 aliphatic heterocycles. The number of hydrogen-bond donors (Lipinski definition) is 1. The largest absolute Gasteiger partial charge is 0.504 e. The SMILES string of the molecule is C#CC.COc1ccc2cc3[n+](cc2c1O)CCc1cc2c(cc1-3)OCO2. The van der Waals surface area contributed by atoms with Crippen molar-refractivity contribution in [3.8, 4) is 46.6 Å². The molecule has 1 N–H and O–H groups in total. The number of rotatable bonds is 1. The fraction of sp³-hybridized carbons (Fsp3) is 0.227. The average Bonchev–Trinajstić information content (AvgIpc) is 3.14. The van der Waals surface area contributed by atoms with Crippen molar-refractivity contribution in [2.45, 2.75) is 19.9 Å². The second kappa shape index (κ2) is 6.73. The molecule has 0 unspecified atom stereocenters. The summed E-state index contributed by atoms with van der Waals surface area (Å²) in [5.41, 5.74) is 3.53. The number of methoxy groups -OCH3 is 1. The number of benzene rings is 2. The molecule has 27 heavy (non-hydrogen) atoms. The molecule has 0 aliphatic carbocycles. The Morgan fingerprint density at radius 1 is 1.19 bits per heavy atom. The molecule has 0 spiro atoms. The zero-order valence-corrected chi connectivity index (χ0v) is 15.3. The number of ether oxygens (including phenoxy) is 3. The van der Waals surface area contributed by atoms with E-state index >= 15 is 0 Å². The van der Waals surface area contributed by atoms with E-state index in [0.29, 0.717) is 5.75 Å². The van der Waals surface area contributed by atoms with E-state index in [2.05, 4.69) is 35.1 Å². The minimum atomic E-state index is 0.182. The van der Waals surface area contributed by atoms with E-state index in [1.165, 1.54) is 5.56 Å². The summed E-state index contributed by atoms with van der Waals surface area (Å²) < 4.78 is 18.4. The van der Waals surface area contributed by atoms with Crippen LogP contribution >= 0.6 is 0 Å². The van der Waals surface area contributed by atoms with Crippen LogP contribution in [0.1, 0.15) is 12.5 Å². The van der Waals surface area contributed by atoms with Crippen LogP contribution in [0.25, 0.3) is 22.0 Å². The van der Waals surface area contributed by atoms with E-state index in [0.717, 1.165) is 46.5 Å². The van der Waals surface area contributed by atoms with Gasteiger partial charge in [-0.3, -0.25) is 0 Å². The summed E-state index contributed by atoms with van der Waals surface area (Å²) in [6, 6.07) is 10.00. The molecular weight excluding hydrogens is 342 g/mol. The monoisotopic (exact) mass is 362 g/mol. The minimum Gasteiger partial charge on any atom is -0.504 e. The maximum absolute atomic E-state index is 10.4. The molecule has 5 nitrogen and oxygen atoms in total. The Morgan fingerprint density at radius 2 is 1.93 bits per heavy atom. The summed E-state index contributed by atoms with van der Waals surface area (Å²) in [7, 11) is 1.56. The van der Waals surface area contributed by atoms with Gasteiger partial charge in [0, 0.05) is 12.5 Å². The molecular formula is C22H20NO4+. The Bertz CT molecular complexity index is 1080. The molecule has 1 aromatic heterocycles. The van der Waals surface area contributed by atoms with Crippen LogP contribution in [-0.4, -0.2) is 19.0 Å². The molecule has 0 amide bonds. The number of aromatic hydroxyl groups is 1. The molecule has 0 fully saturated rings. The standard InChI is InChI=1S/C19H15NO4.C3H4/c1-22-16-3-2-11-6-15-13-8-18-17(23-10-24-18)7-12(13)4-5-20(15)9-14(11)19(16)21;1-3-2/h2-3,6-9H,4-5,10H2,1H3;1H,2H3/p+1. The molecule has 5 heteroatoms. The molecule has 136 valence electrons. The van der Waals surface area contributed by atoms with Crippen molar-refractivity contribution in [3.05, 3.63) is 42.1 Å². The molecule has 3 heterocycles. The smallest absolute Gasteiger partial charge is 0.231 e. The Labute approximate surface area is 157 Å². The number of phenolic OH excluding ortho intramolecular Hbond substituents is 1. The molecule has 0 atom stereocenters. The van der Waals surface area contributed by atoms with E-state index in [-0.39, 0.29) is 12.5 Å². The third kappa shape index (κ3) is 2.80. The maximum atomic E-state index is 10.4. The normalized spacial score (nSPS) is 13.1. The first kappa shape index (κ1) is 17.0. The first-order valence-corrected chi connectivity index (χ1v) is 8.69. The van der Waals surface area contributed by atoms with E-state index in [1.807, 2.05) is 12.3 Å². The van der Waals surface area contributed by atoms with Gasteiger partial charge >= 0.3 is 0 Å². The predicted molar refractivity (Wildman–Crippen MR) is 102 cm³/mol.